The highest BCUT2D eigenvalue weighted by molar-refractivity contribution is 6.00. The number of nitrogens with one attached hydrogen (secondary N) is 4. The molecular formula is C44H54N8O4. The number of carbonyl (C=O) groups is 2. The Morgan fingerprint density at radius 2 is 1.68 bits per heavy atom. The number of rotatable bonds is 14. The first-order valence-corrected chi connectivity index (χ1v) is 20.0. The smallest absolute Gasteiger partial charge is 0.251 e. The number of hydrogen-bond donors (Lipinski definition) is 4. The Morgan fingerprint density at radius 1 is 0.911 bits per heavy atom. The van der Waals surface area contributed by atoms with Gasteiger partial charge in [0.25, 0.3) is 11.8 Å². The van der Waals surface area contributed by atoms with E-state index in [0.29, 0.717) is 43.1 Å². The second kappa shape index (κ2) is 18.6. The van der Waals surface area contributed by atoms with Crippen LogP contribution < -0.4 is 26.0 Å². The van der Waals surface area contributed by atoms with Crippen molar-refractivity contribution in [2.24, 2.45) is 0 Å². The predicted molar refractivity (Wildman–Crippen MR) is 220 cm³/mol. The lowest BCUT2D eigenvalue weighted by Gasteiger charge is -2.26. The summed E-state index contributed by atoms with van der Waals surface area (Å²) in [6.45, 7) is 11.9. The maximum Gasteiger partial charge on any atom is 0.251 e. The Labute approximate surface area is 329 Å². The van der Waals surface area contributed by atoms with Gasteiger partial charge in [0, 0.05) is 86.5 Å². The summed E-state index contributed by atoms with van der Waals surface area (Å²) in [5, 5.41) is 19.0. The number of aryl methyl sites for hydroxylation is 2. The van der Waals surface area contributed by atoms with Gasteiger partial charge in [0.15, 0.2) is 5.65 Å². The molecule has 4 N–H and O–H groups in total. The number of nitrogens with zero attached hydrogens (tertiary/aromatic N) is 4. The summed E-state index contributed by atoms with van der Waals surface area (Å²) < 4.78 is 13.2. The molecule has 3 aromatic carbocycles. The summed E-state index contributed by atoms with van der Waals surface area (Å²) in [4.78, 5) is 34.7. The molecule has 0 saturated carbocycles. The molecule has 2 aromatic heterocycles. The molecule has 4 heterocycles. The molecular weight excluding hydrogens is 705 g/mol. The molecule has 0 aliphatic carbocycles. The fourth-order valence-corrected chi connectivity index (χ4v) is 7.71. The Kier molecular flexibility index (Phi) is 12.9. The van der Waals surface area contributed by atoms with E-state index in [4.69, 9.17) is 14.5 Å². The van der Waals surface area contributed by atoms with Crippen LogP contribution in [0.3, 0.4) is 0 Å². The summed E-state index contributed by atoms with van der Waals surface area (Å²) in [5.41, 5.74) is 8.77. The van der Waals surface area contributed by atoms with Gasteiger partial charge in [0.05, 0.1) is 24.4 Å². The van der Waals surface area contributed by atoms with Crippen molar-refractivity contribution in [3.8, 4) is 16.9 Å². The van der Waals surface area contributed by atoms with E-state index in [1.807, 2.05) is 16.9 Å². The van der Waals surface area contributed by atoms with Gasteiger partial charge < -0.3 is 30.7 Å². The van der Waals surface area contributed by atoms with E-state index in [0.717, 1.165) is 96.7 Å². The predicted octanol–water partition coefficient (Wildman–Crippen LogP) is 5.94. The van der Waals surface area contributed by atoms with E-state index in [1.54, 1.807) is 31.4 Å². The lowest BCUT2D eigenvalue weighted by Crippen LogP contribution is -2.30. The van der Waals surface area contributed by atoms with Crippen LogP contribution in [0.5, 0.6) is 5.75 Å². The quantitative estimate of drug-likeness (QED) is 0.109. The van der Waals surface area contributed by atoms with Crippen LogP contribution in [0.25, 0.3) is 22.2 Å². The number of fused-ring (bicyclic) bond motifs is 1. The largest absolute Gasteiger partial charge is 0.496 e. The molecule has 2 aliphatic heterocycles. The third-order valence-electron chi connectivity index (χ3n) is 10.8. The molecule has 294 valence electrons. The number of pyridine rings is 1. The fourth-order valence-electron chi connectivity index (χ4n) is 7.71. The number of anilines is 1. The molecule has 7 rings (SSSR count). The van der Waals surface area contributed by atoms with Crippen LogP contribution in [0.1, 0.15) is 76.2 Å². The topological polar surface area (TPSA) is 135 Å². The average Bonchev–Trinajstić information content (AvgIpc) is 3.49. The van der Waals surface area contributed by atoms with E-state index < -0.39 is 0 Å². The van der Waals surface area contributed by atoms with E-state index in [-0.39, 0.29) is 30.9 Å². The molecule has 5 aromatic rings. The lowest BCUT2D eigenvalue weighted by atomic mass is 10.00. The van der Waals surface area contributed by atoms with Gasteiger partial charge in [-0.15, -0.1) is 0 Å². The zero-order chi connectivity index (χ0) is 38.9. The summed E-state index contributed by atoms with van der Waals surface area (Å²) >= 11 is 0. The molecule has 2 saturated heterocycles. The van der Waals surface area contributed by atoms with Crippen molar-refractivity contribution in [1.82, 2.24) is 35.6 Å². The van der Waals surface area contributed by atoms with Crippen molar-refractivity contribution in [2.75, 3.05) is 51.8 Å². The highest BCUT2D eigenvalue weighted by Gasteiger charge is 2.23. The van der Waals surface area contributed by atoms with Crippen LogP contribution in [0.4, 0.5) is 5.69 Å². The number of ether oxygens (including phenoxy) is 2. The van der Waals surface area contributed by atoms with E-state index >= 15 is 0 Å². The van der Waals surface area contributed by atoms with Crippen LogP contribution in [-0.4, -0.2) is 84.0 Å². The molecule has 56 heavy (non-hydrogen) atoms. The van der Waals surface area contributed by atoms with Gasteiger partial charge in [0.2, 0.25) is 0 Å². The SMILES string of the molecule is CCc1nc2c(cnn2CC)c(NC2CCOCC2)c1CNC(=O)c1cccc(C(=O)NCc2cc(-c3cccc(CN4CCCNCC4)c3)ccc2OC)c1. The van der Waals surface area contributed by atoms with E-state index in [1.165, 1.54) is 5.56 Å². The summed E-state index contributed by atoms with van der Waals surface area (Å²) in [6.07, 6.45) is 5.52. The second-order valence-corrected chi connectivity index (χ2v) is 14.5. The first-order valence-electron chi connectivity index (χ1n) is 20.0. The molecule has 0 spiro atoms. The van der Waals surface area contributed by atoms with Crippen molar-refractivity contribution in [3.63, 3.8) is 0 Å². The van der Waals surface area contributed by atoms with Gasteiger partial charge in [-0.3, -0.25) is 14.5 Å². The van der Waals surface area contributed by atoms with Crippen LogP contribution in [0.15, 0.2) is 72.9 Å². The number of methoxy groups -OCH3 is 1. The minimum atomic E-state index is -0.278. The zero-order valence-electron chi connectivity index (χ0n) is 32.8. The van der Waals surface area contributed by atoms with Gasteiger partial charge in [-0.25, -0.2) is 9.67 Å². The number of hydrogen-bond acceptors (Lipinski definition) is 9. The first kappa shape index (κ1) is 39.0. The van der Waals surface area contributed by atoms with Gasteiger partial charge in [-0.05, 0) is 98.8 Å². The van der Waals surface area contributed by atoms with E-state index in [9.17, 15) is 9.59 Å². The first-order chi connectivity index (χ1) is 27.4. The highest BCUT2D eigenvalue weighted by Crippen LogP contribution is 2.32. The number of carbonyl (C=O) groups excluding carboxylic acids is 2. The van der Waals surface area contributed by atoms with Crippen LogP contribution in [0.2, 0.25) is 0 Å². The molecule has 0 bridgehead atoms. The minimum absolute atomic E-state index is 0.249. The summed E-state index contributed by atoms with van der Waals surface area (Å²) in [5.74, 6) is 0.147. The monoisotopic (exact) mass is 758 g/mol. The van der Waals surface area contributed by atoms with Crippen molar-refractivity contribution in [2.45, 2.75) is 71.8 Å². The molecule has 2 fully saturated rings. The molecule has 0 atom stereocenters. The Hall–Kier alpha value is -5.30. The molecule has 2 aliphatic rings. The maximum atomic E-state index is 13.7. The van der Waals surface area contributed by atoms with Crippen molar-refractivity contribution in [1.29, 1.82) is 0 Å². The van der Waals surface area contributed by atoms with Crippen LogP contribution in [-0.2, 0) is 37.3 Å². The van der Waals surface area contributed by atoms with E-state index in [2.05, 4.69) is 81.5 Å². The van der Waals surface area contributed by atoms with Gasteiger partial charge in [-0.1, -0.05) is 37.3 Å². The normalized spacial score (nSPS) is 15.3. The standard InChI is InChI=1S/C44H54N8O4/c1-4-39-37(41(49-36-15-21-56-22-16-36)38-28-48-52(5-2)42(38)50-39)27-47-44(54)34-12-7-11-33(25-34)43(53)46-26-35-24-32(13-14-40(35)55-3)31-10-6-9-30(23-31)29-51-19-8-17-45-18-20-51/h6-7,9-14,23-25,28,36,45H,4-5,8,15-22,26-27,29H2,1-3H3,(H,46,53)(H,47,54)(H,49,50). The Balaban J connectivity index is 1.03. The summed E-state index contributed by atoms with van der Waals surface area (Å²) in [6, 6.07) is 21.8. The third-order valence-corrected chi connectivity index (χ3v) is 10.8. The highest BCUT2D eigenvalue weighted by atomic mass is 16.5. The molecule has 12 heteroatoms. The number of aromatic nitrogens is 3. The second-order valence-electron chi connectivity index (χ2n) is 14.5. The lowest BCUT2D eigenvalue weighted by molar-refractivity contribution is 0.0904. The Morgan fingerprint density at radius 3 is 2.45 bits per heavy atom. The molecule has 12 nitrogen and oxygen atoms in total. The van der Waals surface area contributed by atoms with Crippen molar-refractivity contribution in [3.05, 3.63) is 106 Å². The van der Waals surface area contributed by atoms with Crippen LogP contribution in [0, 0.1) is 0 Å². The van der Waals surface area contributed by atoms with Crippen molar-refractivity contribution < 1.29 is 19.1 Å². The average molecular weight is 759 g/mol. The minimum Gasteiger partial charge on any atom is -0.496 e. The maximum absolute atomic E-state index is 13.7. The molecule has 2 amide bonds. The summed E-state index contributed by atoms with van der Waals surface area (Å²) in [7, 11) is 1.64. The van der Waals surface area contributed by atoms with Gasteiger partial charge in [-0.2, -0.15) is 5.10 Å². The van der Waals surface area contributed by atoms with Crippen molar-refractivity contribution >= 4 is 28.5 Å². The van der Waals surface area contributed by atoms with Crippen LogP contribution >= 0.6 is 0 Å². The van der Waals surface area contributed by atoms with Gasteiger partial charge >= 0.3 is 0 Å². The third kappa shape index (κ3) is 9.21. The Bertz CT molecular complexity index is 2140. The number of benzene rings is 3. The fraction of sp³-hybridized carbons (Fsp3) is 0.409. The molecule has 0 unspecified atom stereocenters. The number of amides is 2. The van der Waals surface area contributed by atoms with Gasteiger partial charge in [0.1, 0.15) is 5.75 Å². The zero-order valence-corrected chi connectivity index (χ0v) is 32.8. The molecule has 0 radical (unpaired) electrons.